The lowest BCUT2D eigenvalue weighted by Gasteiger charge is -2.19. The van der Waals surface area contributed by atoms with Crippen LogP contribution in [0.25, 0.3) is 6.08 Å². The molecule has 3 rings (SSSR count). The standard InChI is InChI=1S/C17H13BrO4/c18-14-7-12(17-13(8-14)9-21-10-22-17)3-6-16(20)11-1-4-15(19)5-2-11/h1-8,19H,9-10H2/b6-3+. The Kier molecular flexibility index (Phi) is 4.27. The van der Waals surface area contributed by atoms with Gasteiger partial charge in [0.15, 0.2) is 12.6 Å². The topological polar surface area (TPSA) is 55.8 Å². The Morgan fingerprint density at radius 1 is 1.23 bits per heavy atom. The molecule has 0 atom stereocenters. The number of ketones is 1. The Morgan fingerprint density at radius 3 is 2.77 bits per heavy atom. The lowest BCUT2D eigenvalue weighted by atomic mass is 10.1. The van der Waals surface area contributed by atoms with E-state index in [1.165, 1.54) is 18.2 Å². The van der Waals surface area contributed by atoms with Crippen LogP contribution >= 0.6 is 15.9 Å². The second-order valence-corrected chi connectivity index (χ2v) is 5.75. The third kappa shape index (κ3) is 3.21. The van der Waals surface area contributed by atoms with Crippen molar-refractivity contribution in [2.75, 3.05) is 6.79 Å². The minimum atomic E-state index is -0.138. The second-order valence-electron chi connectivity index (χ2n) is 4.84. The van der Waals surface area contributed by atoms with Crippen LogP contribution in [0.5, 0.6) is 11.5 Å². The van der Waals surface area contributed by atoms with Crippen molar-refractivity contribution >= 4 is 27.8 Å². The Labute approximate surface area is 136 Å². The molecule has 22 heavy (non-hydrogen) atoms. The molecule has 4 nitrogen and oxygen atoms in total. The van der Waals surface area contributed by atoms with Gasteiger partial charge in [-0.05, 0) is 48.6 Å². The van der Waals surface area contributed by atoms with Gasteiger partial charge >= 0.3 is 0 Å². The van der Waals surface area contributed by atoms with Crippen LogP contribution in [0.2, 0.25) is 0 Å². The second kappa shape index (κ2) is 6.34. The number of fused-ring (bicyclic) bond motifs is 1. The molecule has 1 aliphatic rings. The maximum absolute atomic E-state index is 12.1. The molecular formula is C17H13BrO4. The highest BCUT2D eigenvalue weighted by Crippen LogP contribution is 2.32. The number of rotatable bonds is 3. The fraction of sp³-hybridized carbons (Fsp3) is 0.118. The lowest BCUT2D eigenvalue weighted by molar-refractivity contribution is -0.0165. The van der Waals surface area contributed by atoms with Gasteiger partial charge < -0.3 is 14.6 Å². The zero-order valence-electron chi connectivity index (χ0n) is 11.6. The van der Waals surface area contributed by atoms with Gasteiger partial charge in [-0.15, -0.1) is 0 Å². The summed E-state index contributed by atoms with van der Waals surface area (Å²) in [5.74, 6) is 0.736. The van der Waals surface area contributed by atoms with Gasteiger partial charge in [0.05, 0.1) is 6.61 Å². The summed E-state index contributed by atoms with van der Waals surface area (Å²) in [5, 5.41) is 9.25. The summed E-state index contributed by atoms with van der Waals surface area (Å²) in [4.78, 5) is 12.1. The zero-order chi connectivity index (χ0) is 15.5. The summed E-state index contributed by atoms with van der Waals surface area (Å²) in [6.45, 7) is 0.697. The van der Waals surface area contributed by atoms with E-state index in [9.17, 15) is 9.90 Å². The summed E-state index contributed by atoms with van der Waals surface area (Å²) in [7, 11) is 0. The maximum Gasteiger partial charge on any atom is 0.189 e. The summed E-state index contributed by atoms with van der Waals surface area (Å²) in [6.07, 6.45) is 3.22. The first kappa shape index (κ1) is 14.8. The van der Waals surface area contributed by atoms with Crippen LogP contribution in [0.4, 0.5) is 0 Å². The number of phenolic OH excluding ortho intramolecular Hbond substituents is 1. The van der Waals surface area contributed by atoms with Crippen molar-refractivity contribution in [3.05, 3.63) is 63.6 Å². The van der Waals surface area contributed by atoms with E-state index in [4.69, 9.17) is 9.47 Å². The van der Waals surface area contributed by atoms with Crippen LogP contribution in [0.3, 0.4) is 0 Å². The van der Waals surface area contributed by atoms with E-state index in [1.807, 2.05) is 12.1 Å². The number of allylic oxidation sites excluding steroid dienone is 1. The SMILES string of the molecule is O=C(/C=C/c1cc(Br)cc2c1OCOC2)c1ccc(O)cc1. The molecule has 0 aliphatic carbocycles. The highest BCUT2D eigenvalue weighted by Gasteiger charge is 2.15. The van der Waals surface area contributed by atoms with Gasteiger partial charge in [0.25, 0.3) is 0 Å². The first-order valence-corrected chi connectivity index (χ1v) is 7.47. The van der Waals surface area contributed by atoms with Crippen LogP contribution in [0.1, 0.15) is 21.5 Å². The minimum absolute atomic E-state index is 0.134. The minimum Gasteiger partial charge on any atom is -0.508 e. The Morgan fingerprint density at radius 2 is 2.00 bits per heavy atom. The van der Waals surface area contributed by atoms with E-state index >= 15 is 0 Å². The number of hydrogen-bond donors (Lipinski definition) is 1. The number of phenols is 1. The van der Waals surface area contributed by atoms with E-state index in [2.05, 4.69) is 15.9 Å². The van der Waals surface area contributed by atoms with E-state index in [1.54, 1.807) is 18.2 Å². The van der Waals surface area contributed by atoms with Crippen molar-refractivity contribution in [1.29, 1.82) is 0 Å². The fourth-order valence-corrected chi connectivity index (χ4v) is 2.74. The number of ether oxygens (including phenoxy) is 2. The maximum atomic E-state index is 12.1. The molecule has 0 radical (unpaired) electrons. The van der Waals surface area contributed by atoms with Crippen molar-refractivity contribution in [2.45, 2.75) is 6.61 Å². The monoisotopic (exact) mass is 360 g/mol. The molecule has 0 spiro atoms. The van der Waals surface area contributed by atoms with Crippen molar-refractivity contribution in [1.82, 2.24) is 0 Å². The molecule has 1 N–H and O–H groups in total. The van der Waals surface area contributed by atoms with Gasteiger partial charge in [0, 0.05) is 21.2 Å². The smallest absolute Gasteiger partial charge is 0.189 e. The molecule has 0 bridgehead atoms. The van der Waals surface area contributed by atoms with Gasteiger partial charge in [-0.25, -0.2) is 0 Å². The highest BCUT2D eigenvalue weighted by molar-refractivity contribution is 9.10. The number of hydrogen-bond acceptors (Lipinski definition) is 4. The molecule has 112 valence electrons. The molecule has 2 aromatic carbocycles. The summed E-state index contributed by atoms with van der Waals surface area (Å²) in [5.41, 5.74) is 2.28. The molecule has 5 heteroatoms. The van der Waals surface area contributed by atoms with Crippen molar-refractivity contribution < 1.29 is 19.4 Å². The fourth-order valence-electron chi connectivity index (χ4n) is 2.22. The molecule has 0 unspecified atom stereocenters. The lowest BCUT2D eigenvalue weighted by Crippen LogP contribution is -2.12. The normalized spacial score (nSPS) is 13.7. The van der Waals surface area contributed by atoms with Gasteiger partial charge in [0.1, 0.15) is 11.5 Å². The van der Waals surface area contributed by atoms with Crippen LogP contribution in [-0.4, -0.2) is 17.7 Å². The van der Waals surface area contributed by atoms with Gasteiger partial charge in [-0.3, -0.25) is 4.79 Å². The number of benzene rings is 2. The predicted molar refractivity (Wildman–Crippen MR) is 85.9 cm³/mol. The largest absolute Gasteiger partial charge is 0.508 e. The van der Waals surface area contributed by atoms with Crippen LogP contribution < -0.4 is 4.74 Å². The molecule has 0 aromatic heterocycles. The quantitative estimate of drug-likeness (QED) is 0.665. The Hall–Kier alpha value is -2.11. The van der Waals surface area contributed by atoms with Crippen molar-refractivity contribution in [2.24, 2.45) is 0 Å². The molecule has 0 amide bonds. The highest BCUT2D eigenvalue weighted by atomic mass is 79.9. The van der Waals surface area contributed by atoms with Crippen molar-refractivity contribution in [3.63, 3.8) is 0 Å². The average Bonchev–Trinajstić information content (AvgIpc) is 2.52. The first-order valence-electron chi connectivity index (χ1n) is 6.68. The third-order valence-corrected chi connectivity index (χ3v) is 3.73. The van der Waals surface area contributed by atoms with E-state index in [0.717, 1.165) is 21.3 Å². The predicted octanol–water partition coefficient (Wildman–Crippen LogP) is 3.92. The molecule has 0 saturated carbocycles. The molecule has 0 fully saturated rings. The van der Waals surface area contributed by atoms with Gasteiger partial charge in [0.2, 0.25) is 0 Å². The van der Waals surface area contributed by atoms with Crippen LogP contribution in [-0.2, 0) is 11.3 Å². The third-order valence-electron chi connectivity index (χ3n) is 3.27. The van der Waals surface area contributed by atoms with E-state index in [0.29, 0.717) is 12.2 Å². The Balaban J connectivity index is 1.87. The van der Waals surface area contributed by atoms with Crippen LogP contribution in [0, 0.1) is 0 Å². The van der Waals surface area contributed by atoms with E-state index < -0.39 is 0 Å². The summed E-state index contributed by atoms with van der Waals surface area (Å²) >= 11 is 3.44. The summed E-state index contributed by atoms with van der Waals surface area (Å²) < 4.78 is 11.7. The van der Waals surface area contributed by atoms with Crippen LogP contribution in [0.15, 0.2) is 46.9 Å². The number of carbonyl (C=O) groups is 1. The first-order chi connectivity index (χ1) is 10.6. The average molecular weight is 361 g/mol. The number of halogens is 1. The molecule has 2 aromatic rings. The molecule has 1 heterocycles. The number of aromatic hydroxyl groups is 1. The molecular weight excluding hydrogens is 348 g/mol. The van der Waals surface area contributed by atoms with Crippen molar-refractivity contribution in [3.8, 4) is 11.5 Å². The van der Waals surface area contributed by atoms with E-state index in [-0.39, 0.29) is 18.3 Å². The zero-order valence-corrected chi connectivity index (χ0v) is 13.2. The van der Waals surface area contributed by atoms with Gasteiger partial charge in [-0.2, -0.15) is 0 Å². The molecule has 0 saturated heterocycles. The number of carbonyl (C=O) groups excluding carboxylic acids is 1. The Bertz CT molecular complexity index is 735. The molecule has 1 aliphatic heterocycles. The van der Waals surface area contributed by atoms with Gasteiger partial charge in [-0.1, -0.05) is 15.9 Å². The summed E-state index contributed by atoms with van der Waals surface area (Å²) in [6, 6.07) is 9.98.